The van der Waals surface area contributed by atoms with E-state index >= 15 is 0 Å². The highest BCUT2D eigenvalue weighted by atomic mass is 35.5. The third kappa shape index (κ3) is 3.09. The molecule has 0 radical (unpaired) electrons. The minimum atomic E-state index is -0.210. The van der Waals surface area contributed by atoms with Gasteiger partial charge < -0.3 is 15.4 Å². The average Bonchev–Trinajstić information content (AvgIpc) is 2.92. The van der Waals surface area contributed by atoms with Crippen LogP contribution in [-0.4, -0.2) is 38.8 Å². The van der Waals surface area contributed by atoms with Crippen molar-refractivity contribution in [3.63, 3.8) is 0 Å². The van der Waals surface area contributed by atoms with Gasteiger partial charge in [-0.15, -0.1) is 12.4 Å². The zero-order valence-electron chi connectivity index (χ0n) is 9.75. The van der Waals surface area contributed by atoms with E-state index in [4.69, 9.17) is 4.74 Å². The highest BCUT2D eigenvalue weighted by Crippen LogP contribution is 2.31. The van der Waals surface area contributed by atoms with E-state index in [0.717, 1.165) is 38.8 Å². The molecule has 1 saturated carbocycles. The molecule has 0 spiro atoms. The number of ether oxygens (including phenoxy) is 1. The fourth-order valence-electron chi connectivity index (χ4n) is 2.13. The molecule has 1 unspecified atom stereocenters. The zero-order chi connectivity index (χ0) is 10.7. The van der Waals surface area contributed by atoms with Gasteiger partial charge >= 0.3 is 0 Å². The molecule has 1 atom stereocenters. The predicted molar refractivity (Wildman–Crippen MR) is 64.8 cm³/mol. The summed E-state index contributed by atoms with van der Waals surface area (Å²) in [6.07, 6.45) is 4.07. The van der Waals surface area contributed by atoms with Crippen molar-refractivity contribution in [2.24, 2.45) is 5.41 Å². The summed E-state index contributed by atoms with van der Waals surface area (Å²) in [5.41, 5.74) is -0.210. The Hall–Kier alpha value is -0.320. The van der Waals surface area contributed by atoms with Crippen molar-refractivity contribution in [3.8, 4) is 0 Å². The van der Waals surface area contributed by atoms with Crippen LogP contribution in [-0.2, 0) is 9.53 Å². The fraction of sp³-hybridized carbons (Fsp3) is 0.909. The van der Waals surface area contributed by atoms with Crippen LogP contribution in [0, 0.1) is 5.41 Å². The standard InChI is InChI=1S/C11H20N2O2.ClH/c1-15-7-5-11(4-6-12-8-11)10(14)13-9-2-3-9;/h9,12H,2-8H2,1H3,(H,13,14);1H. The van der Waals surface area contributed by atoms with Crippen LogP contribution >= 0.6 is 12.4 Å². The first kappa shape index (κ1) is 13.7. The molecule has 2 aliphatic rings. The van der Waals surface area contributed by atoms with E-state index in [1.165, 1.54) is 0 Å². The van der Waals surface area contributed by atoms with Gasteiger partial charge in [0.1, 0.15) is 0 Å². The van der Waals surface area contributed by atoms with Gasteiger partial charge in [-0.05, 0) is 32.2 Å². The molecule has 2 fully saturated rings. The van der Waals surface area contributed by atoms with Crippen molar-refractivity contribution < 1.29 is 9.53 Å². The molecule has 0 aromatic carbocycles. The Labute approximate surface area is 103 Å². The molecule has 1 amide bonds. The molecule has 0 aromatic rings. The van der Waals surface area contributed by atoms with Gasteiger partial charge in [0.25, 0.3) is 0 Å². The van der Waals surface area contributed by atoms with Crippen LogP contribution in [0.1, 0.15) is 25.7 Å². The van der Waals surface area contributed by atoms with E-state index in [2.05, 4.69) is 10.6 Å². The number of nitrogens with one attached hydrogen (secondary N) is 2. The second kappa shape index (κ2) is 5.84. The van der Waals surface area contributed by atoms with Crippen molar-refractivity contribution in [2.75, 3.05) is 26.8 Å². The maximum Gasteiger partial charge on any atom is 0.227 e. The second-order valence-corrected chi connectivity index (χ2v) is 4.70. The van der Waals surface area contributed by atoms with Crippen LogP contribution in [0.3, 0.4) is 0 Å². The molecule has 1 aliphatic carbocycles. The fourth-order valence-corrected chi connectivity index (χ4v) is 2.13. The number of amides is 1. The Morgan fingerprint density at radius 2 is 2.31 bits per heavy atom. The smallest absolute Gasteiger partial charge is 0.227 e. The maximum atomic E-state index is 12.1. The van der Waals surface area contributed by atoms with Crippen molar-refractivity contribution in [1.29, 1.82) is 0 Å². The second-order valence-electron chi connectivity index (χ2n) is 4.70. The van der Waals surface area contributed by atoms with Gasteiger partial charge in [0.15, 0.2) is 0 Å². The quantitative estimate of drug-likeness (QED) is 0.753. The Bertz CT molecular complexity index is 238. The Morgan fingerprint density at radius 1 is 1.56 bits per heavy atom. The maximum absolute atomic E-state index is 12.1. The monoisotopic (exact) mass is 248 g/mol. The van der Waals surface area contributed by atoms with E-state index in [9.17, 15) is 4.79 Å². The van der Waals surface area contributed by atoms with Gasteiger partial charge in [0.2, 0.25) is 5.91 Å². The summed E-state index contributed by atoms with van der Waals surface area (Å²) in [4.78, 5) is 12.1. The number of halogens is 1. The van der Waals surface area contributed by atoms with Crippen LogP contribution in [0.2, 0.25) is 0 Å². The van der Waals surface area contributed by atoms with E-state index in [0.29, 0.717) is 12.6 Å². The van der Waals surface area contributed by atoms with E-state index in [1.54, 1.807) is 7.11 Å². The molecule has 0 bridgehead atoms. The zero-order valence-corrected chi connectivity index (χ0v) is 10.6. The first-order chi connectivity index (χ1) is 7.27. The lowest BCUT2D eigenvalue weighted by molar-refractivity contribution is -0.131. The summed E-state index contributed by atoms with van der Waals surface area (Å²) in [7, 11) is 1.69. The van der Waals surface area contributed by atoms with E-state index in [-0.39, 0.29) is 23.7 Å². The summed E-state index contributed by atoms with van der Waals surface area (Å²) in [5, 5.41) is 6.39. The topological polar surface area (TPSA) is 50.4 Å². The molecule has 5 heteroatoms. The molecule has 1 saturated heterocycles. The number of carbonyl (C=O) groups excluding carboxylic acids is 1. The number of hydrogen-bond acceptors (Lipinski definition) is 3. The largest absolute Gasteiger partial charge is 0.385 e. The molecule has 94 valence electrons. The lowest BCUT2D eigenvalue weighted by atomic mass is 9.83. The van der Waals surface area contributed by atoms with Gasteiger partial charge in [-0.25, -0.2) is 0 Å². The van der Waals surface area contributed by atoms with Crippen molar-refractivity contribution in [3.05, 3.63) is 0 Å². The van der Waals surface area contributed by atoms with Gasteiger partial charge in [-0.2, -0.15) is 0 Å². The molecule has 2 N–H and O–H groups in total. The lowest BCUT2D eigenvalue weighted by Gasteiger charge is -2.26. The van der Waals surface area contributed by atoms with Gasteiger partial charge in [0.05, 0.1) is 5.41 Å². The SMILES string of the molecule is COCCC1(C(=O)NC2CC2)CCNC1.Cl. The molecule has 1 aliphatic heterocycles. The van der Waals surface area contributed by atoms with Crippen molar-refractivity contribution in [1.82, 2.24) is 10.6 Å². The summed E-state index contributed by atoms with van der Waals surface area (Å²) in [6, 6.07) is 0.456. The minimum absolute atomic E-state index is 0. The Balaban J connectivity index is 0.00000128. The number of methoxy groups -OCH3 is 1. The highest BCUT2D eigenvalue weighted by Gasteiger charge is 2.42. The van der Waals surface area contributed by atoms with Crippen molar-refractivity contribution in [2.45, 2.75) is 31.7 Å². The van der Waals surface area contributed by atoms with Crippen LogP contribution < -0.4 is 10.6 Å². The summed E-state index contributed by atoms with van der Waals surface area (Å²) in [6.45, 7) is 2.41. The van der Waals surface area contributed by atoms with Crippen molar-refractivity contribution >= 4 is 18.3 Å². The van der Waals surface area contributed by atoms with Gasteiger partial charge in [-0.1, -0.05) is 0 Å². The highest BCUT2D eigenvalue weighted by molar-refractivity contribution is 5.85. The molecule has 16 heavy (non-hydrogen) atoms. The minimum Gasteiger partial charge on any atom is -0.385 e. The predicted octanol–water partition coefficient (Wildman–Crippen LogP) is 0.703. The summed E-state index contributed by atoms with van der Waals surface area (Å²) in [5.74, 6) is 0.229. The van der Waals surface area contributed by atoms with Crippen LogP contribution in [0.25, 0.3) is 0 Å². The number of hydrogen-bond donors (Lipinski definition) is 2. The van der Waals surface area contributed by atoms with Gasteiger partial charge in [0, 0.05) is 26.3 Å². The third-order valence-corrected chi connectivity index (χ3v) is 3.42. The van der Waals surface area contributed by atoms with Crippen LogP contribution in [0.5, 0.6) is 0 Å². The first-order valence-corrected chi connectivity index (χ1v) is 5.77. The molecular formula is C11H21ClN2O2. The first-order valence-electron chi connectivity index (χ1n) is 5.77. The third-order valence-electron chi connectivity index (χ3n) is 3.42. The van der Waals surface area contributed by atoms with Crippen LogP contribution in [0.4, 0.5) is 0 Å². The number of carbonyl (C=O) groups is 1. The molecule has 0 aromatic heterocycles. The Morgan fingerprint density at radius 3 is 2.81 bits per heavy atom. The summed E-state index contributed by atoms with van der Waals surface area (Å²) < 4.78 is 5.09. The lowest BCUT2D eigenvalue weighted by Crippen LogP contribution is -2.44. The molecule has 4 nitrogen and oxygen atoms in total. The average molecular weight is 249 g/mol. The van der Waals surface area contributed by atoms with Crippen LogP contribution in [0.15, 0.2) is 0 Å². The summed E-state index contributed by atoms with van der Waals surface area (Å²) >= 11 is 0. The molecule has 1 heterocycles. The normalized spacial score (nSPS) is 28.6. The Kier molecular flexibility index (Phi) is 5.02. The number of rotatable bonds is 5. The molecular weight excluding hydrogens is 228 g/mol. The van der Waals surface area contributed by atoms with Gasteiger partial charge in [-0.3, -0.25) is 4.79 Å². The molecule has 2 rings (SSSR count). The van der Waals surface area contributed by atoms with E-state index in [1.807, 2.05) is 0 Å². The van der Waals surface area contributed by atoms with E-state index < -0.39 is 0 Å².